The van der Waals surface area contributed by atoms with Gasteiger partial charge in [-0.2, -0.15) is 0 Å². The number of hydrogen-bond donors (Lipinski definition) is 0. The second-order valence-corrected chi connectivity index (χ2v) is 4.77. The van der Waals surface area contributed by atoms with E-state index in [1.165, 1.54) is 24.2 Å². The fourth-order valence-electron chi connectivity index (χ4n) is 1.86. The molecule has 2 atom stereocenters. The van der Waals surface area contributed by atoms with E-state index in [2.05, 4.69) is 31.3 Å². The quantitative estimate of drug-likeness (QED) is 0.498. The summed E-state index contributed by atoms with van der Waals surface area (Å²) < 4.78 is 0. The minimum Gasteiger partial charge on any atom is -0.150 e. The molecule has 1 aliphatic carbocycles. The molecule has 0 aromatic rings. The van der Waals surface area contributed by atoms with Crippen molar-refractivity contribution in [1.29, 1.82) is 0 Å². The van der Waals surface area contributed by atoms with Crippen molar-refractivity contribution >= 4 is 11.8 Å². The monoisotopic (exact) mass is 166 g/mol. The molecule has 0 radical (unpaired) electrons. The molecule has 11 heavy (non-hydrogen) atoms. The number of fused-ring (bicyclic) bond motifs is 2. The van der Waals surface area contributed by atoms with Gasteiger partial charge in [0.05, 0.1) is 0 Å². The molecule has 0 aromatic carbocycles. The van der Waals surface area contributed by atoms with Gasteiger partial charge in [-0.3, -0.25) is 0 Å². The fourth-order valence-corrected chi connectivity index (χ4v) is 3.24. The summed E-state index contributed by atoms with van der Waals surface area (Å²) in [6.45, 7) is 6.38. The third-order valence-corrected chi connectivity index (χ3v) is 4.28. The van der Waals surface area contributed by atoms with E-state index in [4.69, 9.17) is 0 Å². The molecule has 2 unspecified atom stereocenters. The van der Waals surface area contributed by atoms with Gasteiger partial charge in [0.2, 0.25) is 0 Å². The molecule has 2 rings (SSSR count). The van der Waals surface area contributed by atoms with Crippen molar-refractivity contribution in [2.75, 3.05) is 5.75 Å². The van der Waals surface area contributed by atoms with Crippen LogP contribution in [0.1, 0.15) is 19.8 Å². The number of rotatable bonds is 0. The Kier molecular flexibility index (Phi) is 1.84. The zero-order valence-electron chi connectivity index (χ0n) is 6.97. The SMILES string of the molecule is C=C1CSC2CC1CC=C2C. The van der Waals surface area contributed by atoms with Gasteiger partial charge in [0.15, 0.2) is 0 Å². The number of thioether (sulfide) groups is 1. The van der Waals surface area contributed by atoms with Gasteiger partial charge in [-0.1, -0.05) is 23.8 Å². The Morgan fingerprint density at radius 1 is 1.64 bits per heavy atom. The molecule has 1 fully saturated rings. The lowest BCUT2D eigenvalue weighted by atomic mass is 9.85. The smallest absolute Gasteiger partial charge is 0.0262 e. The van der Waals surface area contributed by atoms with Crippen LogP contribution in [-0.4, -0.2) is 11.0 Å². The van der Waals surface area contributed by atoms with Crippen LogP contribution >= 0.6 is 11.8 Å². The van der Waals surface area contributed by atoms with Crippen molar-refractivity contribution in [1.82, 2.24) is 0 Å². The first kappa shape index (κ1) is 7.48. The summed E-state index contributed by atoms with van der Waals surface area (Å²) in [6, 6.07) is 0. The van der Waals surface area contributed by atoms with Gasteiger partial charge in [0.1, 0.15) is 0 Å². The third kappa shape index (κ3) is 1.26. The standard InChI is InChI=1S/C10H14S/c1-7-3-4-9-5-10(7)11-6-8(9)2/h3,9-10H,2,4-6H2,1H3. The lowest BCUT2D eigenvalue weighted by Gasteiger charge is -2.34. The zero-order chi connectivity index (χ0) is 7.84. The van der Waals surface area contributed by atoms with Crippen LogP contribution in [0.3, 0.4) is 0 Å². The lowest BCUT2D eigenvalue weighted by molar-refractivity contribution is 0.539. The lowest BCUT2D eigenvalue weighted by Crippen LogP contribution is -2.24. The summed E-state index contributed by atoms with van der Waals surface area (Å²) in [7, 11) is 0. The largest absolute Gasteiger partial charge is 0.150 e. The Bertz CT molecular complexity index is 215. The Morgan fingerprint density at radius 2 is 2.45 bits per heavy atom. The summed E-state index contributed by atoms with van der Waals surface area (Å²) in [4.78, 5) is 0. The van der Waals surface area contributed by atoms with Gasteiger partial charge in [0.25, 0.3) is 0 Å². The van der Waals surface area contributed by atoms with Crippen LogP contribution in [0.5, 0.6) is 0 Å². The van der Waals surface area contributed by atoms with E-state index in [9.17, 15) is 0 Å². The summed E-state index contributed by atoms with van der Waals surface area (Å²) in [5.41, 5.74) is 3.06. The maximum absolute atomic E-state index is 4.11. The average Bonchev–Trinajstić information content (AvgIpc) is 2.02. The van der Waals surface area contributed by atoms with Gasteiger partial charge in [0, 0.05) is 11.0 Å². The molecule has 0 saturated carbocycles. The highest BCUT2D eigenvalue weighted by Crippen LogP contribution is 2.41. The van der Waals surface area contributed by atoms with Crippen LogP contribution in [0.2, 0.25) is 0 Å². The molecule has 0 amide bonds. The maximum Gasteiger partial charge on any atom is 0.0262 e. The normalized spacial score (nSPS) is 36.8. The van der Waals surface area contributed by atoms with Gasteiger partial charge in [-0.15, -0.1) is 11.8 Å². The first-order valence-corrected chi connectivity index (χ1v) is 5.28. The fraction of sp³-hybridized carbons (Fsp3) is 0.600. The second-order valence-electron chi connectivity index (χ2n) is 3.57. The highest BCUT2D eigenvalue weighted by Gasteiger charge is 2.28. The molecule has 0 aromatic heterocycles. The molecular weight excluding hydrogens is 152 g/mol. The molecule has 0 spiro atoms. The molecule has 1 heteroatoms. The molecule has 1 aliphatic heterocycles. The molecule has 2 aliphatic rings. The number of hydrogen-bond acceptors (Lipinski definition) is 1. The summed E-state index contributed by atoms with van der Waals surface area (Å²) in [5.74, 6) is 2.01. The Morgan fingerprint density at radius 3 is 3.27 bits per heavy atom. The van der Waals surface area contributed by atoms with E-state index in [0.717, 1.165) is 11.2 Å². The first-order chi connectivity index (χ1) is 5.27. The van der Waals surface area contributed by atoms with Crippen LogP contribution in [0.4, 0.5) is 0 Å². The number of allylic oxidation sites excluding steroid dienone is 1. The zero-order valence-corrected chi connectivity index (χ0v) is 7.79. The van der Waals surface area contributed by atoms with Crippen molar-refractivity contribution in [3.63, 3.8) is 0 Å². The van der Waals surface area contributed by atoms with Crippen molar-refractivity contribution in [2.24, 2.45) is 5.92 Å². The third-order valence-electron chi connectivity index (χ3n) is 2.78. The summed E-state index contributed by atoms with van der Waals surface area (Å²) >= 11 is 2.07. The van der Waals surface area contributed by atoms with Gasteiger partial charge < -0.3 is 0 Å². The van der Waals surface area contributed by atoms with Gasteiger partial charge in [-0.25, -0.2) is 0 Å². The maximum atomic E-state index is 4.11. The van der Waals surface area contributed by atoms with Crippen molar-refractivity contribution in [3.05, 3.63) is 23.8 Å². The molecule has 1 saturated heterocycles. The highest BCUT2D eigenvalue weighted by atomic mass is 32.2. The molecule has 0 nitrogen and oxygen atoms in total. The van der Waals surface area contributed by atoms with Gasteiger partial charge >= 0.3 is 0 Å². The van der Waals surface area contributed by atoms with E-state index < -0.39 is 0 Å². The highest BCUT2D eigenvalue weighted by molar-refractivity contribution is 8.00. The molecule has 2 bridgehead atoms. The van der Waals surface area contributed by atoms with E-state index in [1.807, 2.05) is 0 Å². The van der Waals surface area contributed by atoms with E-state index in [-0.39, 0.29) is 0 Å². The summed E-state index contributed by atoms with van der Waals surface area (Å²) in [5, 5.41) is 0.819. The minimum atomic E-state index is 0.810. The topological polar surface area (TPSA) is 0 Å². The van der Waals surface area contributed by atoms with Crippen LogP contribution in [0.15, 0.2) is 23.8 Å². The molecule has 1 heterocycles. The molecular formula is C10H14S. The Balaban J connectivity index is 2.21. The Hall–Kier alpha value is -0.170. The molecule has 60 valence electrons. The summed E-state index contributed by atoms with van der Waals surface area (Å²) in [6.07, 6.45) is 5.00. The van der Waals surface area contributed by atoms with Crippen molar-refractivity contribution in [2.45, 2.75) is 25.0 Å². The van der Waals surface area contributed by atoms with Crippen LogP contribution in [-0.2, 0) is 0 Å². The van der Waals surface area contributed by atoms with Crippen LogP contribution < -0.4 is 0 Å². The first-order valence-electron chi connectivity index (χ1n) is 4.23. The van der Waals surface area contributed by atoms with Crippen LogP contribution in [0.25, 0.3) is 0 Å². The minimum absolute atomic E-state index is 0.810. The molecule has 0 N–H and O–H groups in total. The van der Waals surface area contributed by atoms with E-state index in [1.54, 1.807) is 5.57 Å². The Labute approximate surface area is 72.8 Å². The van der Waals surface area contributed by atoms with Gasteiger partial charge in [-0.05, 0) is 25.7 Å². The predicted molar refractivity (Wildman–Crippen MR) is 51.9 cm³/mol. The van der Waals surface area contributed by atoms with E-state index in [0.29, 0.717) is 0 Å². The second kappa shape index (κ2) is 2.71. The average molecular weight is 166 g/mol. The van der Waals surface area contributed by atoms with Crippen molar-refractivity contribution in [3.8, 4) is 0 Å². The van der Waals surface area contributed by atoms with E-state index >= 15 is 0 Å². The van der Waals surface area contributed by atoms with Crippen molar-refractivity contribution < 1.29 is 0 Å². The predicted octanol–water partition coefficient (Wildman–Crippen LogP) is 3.01. The van der Waals surface area contributed by atoms with Crippen LogP contribution in [0, 0.1) is 5.92 Å².